The predicted molar refractivity (Wildman–Crippen MR) is 79.6 cm³/mol. The first-order valence-corrected chi connectivity index (χ1v) is 14.3. The summed E-state index contributed by atoms with van der Waals surface area (Å²) in [6.45, 7) is 8.09. The van der Waals surface area contributed by atoms with Crippen molar-refractivity contribution in [3.05, 3.63) is 0 Å². The molecular weight excluding hydrogens is 319 g/mol. The van der Waals surface area contributed by atoms with Gasteiger partial charge < -0.3 is 5.11 Å². The van der Waals surface area contributed by atoms with Crippen molar-refractivity contribution in [2.24, 2.45) is 0 Å². The summed E-state index contributed by atoms with van der Waals surface area (Å²) in [6.07, 6.45) is 8.87. The van der Waals surface area contributed by atoms with E-state index >= 15 is 0 Å². The Balaban J connectivity index is 0. The van der Waals surface area contributed by atoms with Crippen LogP contribution >= 0.6 is 0 Å². The number of hydrogen-bond donors (Lipinski definition) is 1. The molecule has 0 aliphatic rings. The number of rotatable bonds is 9. The number of carboxylic acids is 1. The Labute approximate surface area is 115 Å². The van der Waals surface area contributed by atoms with E-state index in [1.807, 2.05) is 0 Å². The SMILES string of the molecule is CC(=O)O.CCC[CH2][SnH]([CH2]CCC)[CH2]CCC. The molecule has 0 aromatic carbocycles. The molecule has 0 unspecified atom stereocenters. The van der Waals surface area contributed by atoms with Crippen LogP contribution in [0.3, 0.4) is 0 Å². The van der Waals surface area contributed by atoms with Gasteiger partial charge >= 0.3 is 92.4 Å². The summed E-state index contributed by atoms with van der Waals surface area (Å²) in [7, 11) is 0. The first kappa shape index (κ1) is 19.6. The predicted octanol–water partition coefficient (Wildman–Crippen LogP) is 4.70. The van der Waals surface area contributed by atoms with E-state index in [1.165, 1.54) is 38.5 Å². The topological polar surface area (TPSA) is 37.3 Å². The van der Waals surface area contributed by atoms with E-state index in [-0.39, 0.29) is 0 Å². The number of aliphatic carboxylic acids is 1. The molecule has 0 amide bonds. The molecule has 17 heavy (non-hydrogen) atoms. The summed E-state index contributed by atoms with van der Waals surface area (Å²) >= 11 is -0.967. The minimum absolute atomic E-state index is 0.833. The van der Waals surface area contributed by atoms with Gasteiger partial charge in [-0.1, -0.05) is 0 Å². The summed E-state index contributed by atoms with van der Waals surface area (Å²) < 4.78 is 5.08. The van der Waals surface area contributed by atoms with E-state index in [9.17, 15) is 0 Å². The second-order valence-electron chi connectivity index (χ2n) is 4.81. The quantitative estimate of drug-likeness (QED) is 0.611. The molecule has 0 spiro atoms. The van der Waals surface area contributed by atoms with Crippen LogP contribution in [0.2, 0.25) is 13.3 Å². The van der Waals surface area contributed by atoms with E-state index < -0.39 is 25.7 Å². The Morgan fingerprint density at radius 1 is 0.882 bits per heavy atom. The molecular formula is C14H32O2Sn. The van der Waals surface area contributed by atoms with Gasteiger partial charge in [-0.05, 0) is 0 Å². The molecule has 0 aromatic heterocycles. The first-order valence-electron chi connectivity index (χ1n) is 7.27. The van der Waals surface area contributed by atoms with E-state index in [0.29, 0.717) is 0 Å². The van der Waals surface area contributed by atoms with Gasteiger partial charge in [0, 0.05) is 6.92 Å². The van der Waals surface area contributed by atoms with Crippen LogP contribution in [0, 0.1) is 0 Å². The zero-order chi connectivity index (χ0) is 13.5. The van der Waals surface area contributed by atoms with Gasteiger partial charge in [-0.25, -0.2) is 0 Å². The molecule has 1 N–H and O–H groups in total. The van der Waals surface area contributed by atoms with Crippen molar-refractivity contribution >= 4 is 25.7 Å². The maximum atomic E-state index is 9.00. The van der Waals surface area contributed by atoms with Gasteiger partial charge in [0.05, 0.1) is 0 Å². The normalized spacial score (nSPS) is 9.94. The van der Waals surface area contributed by atoms with Crippen LogP contribution in [0.5, 0.6) is 0 Å². The minimum atomic E-state index is -0.967. The number of carbonyl (C=O) groups is 1. The Bertz CT molecular complexity index is 137. The van der Waals surface area contributed by atoms with E-state index in [0.717, 1.165) is 6.92 Å². The third kappa shape index (κ3) is 22.0. The Morgan fingerprint density at radius 2 is 1.12 bits per heavy atom. The summed E-state index contributed by atoms with van der Waals surface area (Å²) in [5.74, 6) is -0.833. The van der Waals surface area contributed by atoms with Gasteiger partial charge in [0.15, 0.2) is 0 Å². The Kier molecular flexibility index (Phi) is 18.8. The Morgan fingerprint density at radius 3 is 1.29 bits per heavy atom. The molecule has 0 heterocycles. The van der Waals surface area contributed by atoms with Crippen LogP contribution in [0.4, 0.5) is 0 Å². The monoisotopic (exact) mass is 352 g/mol. The van der Waals surface area contributed by atoms with E-state index in [4.69, 9.17) is 9.90 Å². The third-order valence-corrected chi connectivity index (χ3v) is 13.4. The van der Waals surface area contributed by atoms with Crippen molar-refractivity contribution in [2.45, 2.75) is 79.5 Å². The van der Waals surface area contributed by atoms with Gasteiger partial charge in [-0.2, -0.15) is 0 Å². The van der Waals surface area contributed by atoms with Crippen LogP contribution in [0.25, 0.3) is 0 Å². The summed E-state index contributed by atoms with van der Waals surface area (Å²) in [5.41, 5.74) is 0. The fraction of sp³-hybridized carbons (Fsp3) is 0.929. The van der Waals surface area contributed by atoms with Crippen LogP contribution < -0.4 is 0 Å². The van der Waals surface area contributed by atoms with Crippen molar-refractivity contribution < 1.29 is 9.90 Å². The van der Waals surface area contributed by atoms with Gasteiger partial charge in [0.25, 0.3) is 5.97 Å². The summed E-state index contributed by atoms with van der Waals surface area (Å²) in [5, 5.41) is 7.42. The zero-order valence-electron chi connectivity index (χ0n) is 12.3. The van der Waals surface area contributed by atoms with Crippen molar-refractivity contribution in [3.63, 3.8) is 0 Å². The molecule has 0 aromatic rings. The molecule has 0 saturated carbocycles. The van der Waals surface area contributed by atoms with Crippen LogP contribution in [0.15, 0.2) is 0 Å². The fourth-order valence-electron chi connectivity index (χ4n) is 1.91. The molecule has 0 saturated heterocycles. The molecule has 0 bridgehead atoms. The molecule has 104 valence electrons. The van der Waals surface area contributed by atoms with Crippen LogP contribution in [0.1, 0.15) is 66.2 Å². The fourth-order valence-corrected chi connectivity index (χ4v) is 12.8. The van der Waals surface area contributed by atoms with Crippen molar-refractivity contribution in [1.82, 2.24) is 0 Å². The molecule has 0 atom stereocenters. The first-order chi connectivity index (χ1) is 8.08. The zero-order valence-corrected chi connectivity index (χ0v) is 15.6. The van der Waals surface area contributed by atoms with Gasteiger partial charge in [-0.3, -0.25) is 4.79 Å². The van der Waals surface area contributed by atoms with Gasteiger partial charge in [-0.15, -0.1) is 0 Å². The van der Waals surface area contributed by atoms with E-state index in [1.54, 1.807) is 13.3 Å². The van der Waals surface area contributed by atoms with Crippen LogP contribution in [-0.4, -0.2) is 30.8 Å². The third-order valence-electron chi connectivity index (χ3n) is 2.90. The number of hydrogen-bond acceptors (Lipinski definition) is 1. The van der Waals surface area contributed by atoms with Crippen molar-refractivity contribution in [2.75, 3.05) is 0 Å². The van der Waals surface area contributed by atoms with Crippen molar-refractivity contribution in [3.8, 4) is 0 Å². The van der Waals surface area contributed by atoms with Crippen LogP contribution in [-0.2, 0) is 4.79 Å². The van der Waals surface area contributed by atoms with E-state index in [2.05, 4.69) is 20.8 Å². The maximum absolute atomic E-state index is 9.00. The molecule has 0 aliphatic carbocycles. The molecule has 2 nitrogen and oxygen atoms in total. The van der Waals surface area contributed by atoms with Gasteiger partial charge in [0.2, 0.25) is 0 Å². The average molecular weight is 351 g/mol. The molecule has 3 heteroatoms. The second-order valence-corrected chi connectivity index (χ2v) is 14.7. The molecule has 0 radical (unpaired) electrons. The summed E-state index contributed by atoms with van der Waals surface area (Å²) in [4.78, 5) is 9.00. The van der Waals surface area contributed by atoms with Crippen molar-refractivity contribution in [1.29, 1.82) is 0 Å². The molecule has 0 aliphatic heterocycles. The number of unbranched alkanes of at least 4 members (excludes halogenated alkanes) is 3. The molecule has 0 rings (SSSR count). The number of carboxylic acid groups (broad SMARTS) is 1. The second kappa shape index (κ2) is 16.3. The standard InChI is InChI=1S/3C4H9.C2H4O2.Sn.H/c3*1-3-4-2;1-2(3)4;;/h3*1,3-4H2,2H3;1H3,(H,3,4);;. The Hall–Kier alpha value is 0.269. The van der Waals surface area contributed by atoms with Gasteiger partial charge in [0.1, 0.15) is 0 Å². The average Bonchev–Trinajstić information content (AvgIpc) is 2.27. The summed E-state index contributed by atoms with van der Waals surface area (Å²) in [6, 6.07) is 0. The molecule has 0 fully saturated rings.